The highest BCUT2D eigenvalue weighted by Crippen LogP contribution is 1.97. The highest BCUT2D eigenvalue weighted by molar-refractivity contribution is 9.10. The molecule has 0 aliphatic rings. The number of aryl methyl sites for hydroxylation is 1. The molecule has 1 heterocycles. The van der Waals surface area contributed by atoms with E-state index in [2.05, 4.69) is 21.0 Å². The van der Waals surface area contributed by atoms with E-state index in [9.17, 15) is 4.79 Å². The molecule has 1 rings (SSSR count). The number of H-pyrrole nitrogens is 1. The van der Waals surface area contributed by atoms with E-state index in [0.717, 1.165) is 0 Å². The molecule has 0 atom stereocenters. The van der Waals surface area contributed by atoms with Crippen LogP contribution in [0.5, 0.6) is 0 Å². The van der Waals surface area contributed by atoms with Crippen LogP contribution < -0.4 is 5.56 Å². The van der Waals surface area contributed by atoms with Crippen molar-refractivity contribution in [2.45, 2.75) is 0 Å². The van der Waals surface area contributed by atoms with Crippen molar-refractivity contribution < 1.29 is 0 Å². The first kappa shape index (κ1) is 8.97. The van der Waals surface area contributed by atoms with Crippen LogP contribution in [0.3, 0.4) is 0 Å². The molecule has 1 N–H and O–H groups in total. The smallest absolute Gasteiger partial charge is 0.278 e. The fourth-order valence-corrected chi connectivity index (χ4v) is 0.870. The highest BCUT2D eigenvalue weighted by Gasteiger charge is 1.93. The summed E-state index contributed by atoms with van der Waals surface area (Å²) in [4.78, 5) is 10.5. The lowest BCUT2D eigenvalue weighted by atomic mass is 10.7. The Kier molecular flexibility index (Phi) is 3.21. The van der Waals surface area contributed by atoms with Crippen molar-refractivity contribution in [3.05, 3.63) is 21.0 Å². The molecule has 0 bridgehead atoms. The predicted molar refractivity (Wildman–Crippen MR) is 44.1 cm³/mol. The van der Waals surface area contributed by atoms with Gasteiger partial charge in [-0.15, -0.1) is 17.0 Å². The zero-order chi connectivity index (χ0) is 6.15. The number of hydrogen-bond acceptors (Lipinski definition) is 1. The average molecular weight is 258 g/mol. The Morgan fingerprint density at radius 3 is 2.44 bits per heavy atom. The maximum Gasteiger partial charge on any atom is 0.278 e. The second kappa shape index (κ2) is 3.22. The van der Waals surface area contributed by atoms with E-state index in [0.29, 0.717) is 4.47 Å². The van der Waals surface area contributed by atoms with Crippen molar-refractivity contribution >= 4 is 32.9 Å². The topological polar surface area (TPSA) is 37.8 Å². The van der Waals surface area contributed by atoms with Crippen LogP contribution in [0, 0.1) is 0 Å². The summed E-state index contributed by atoms with van der Waals surface area (Å²) in [5.74, 6) is 0. The molecule has 0 fully saturated rings. The van der Waals surface area contributed by atoms with E-state index in [4.69, 9.17) is 0 Å². The maximum atomic E-state index is 10.5. The van der Waals surface area contributed by atoms with Gasteiger partial charge in [0.25, 0.3) is 5.56 Å². The standard InChI is InChI=1S/C4H5BrN2O.BrH/c1-7-2-3(5)4(8)6-7;/h2H,1H3,(H,6,8);1H. The predicted octanol–water partition coefficient (Wildman–Crippen LogP) is 1.05. The molecule has 0 saturated heterocycles. The van der Waals surface area contributed by atoms with Crippen LogP contribution >= 0.6 is 32.9 Å². The van der Waals surface area contributed by atoms with Gasteiger partial charge in [0.15, 0.2) is 0 Å². The van der Waals surface area contributed by atoms with E-state index >= 15 is 0 Å². The van der Waals surface area contributed by atoms with Crippen molar-refractivity contribution in [3.8, 4) is 0 Å². The fraction of sp³-hybridized carbons (Fsp3) is 0.250. The van der Waals surface area contributed by atoms with Gasteiger partial charge >= 0.3 is 0 Å². The number of aromatic nitrogens is 2. The molecule has 0 radical (unpaired) electrons. The van der Waals surface area contributed by atoms with Crippen LogP contribution in [0.15, 0.2) is 15.5 Å². The lowest BCUT2D eigenvalue weighted by Crippen LogP contribution is -2.01. The first-order valence-corrected chi connectivity index (χ1v) is 2.90. The van der Waals surface area contributed by atoms with Gasteiger partial charge in [0.2, 0.25) is 0 Å². The van der Waals surface area contributed by atoms with Gasteiger partial charge < -0.3 is 0 Å². The van der Waals surface area contributed by atoms with Crippen LogP contribution in [-0.4, -0.2) is 9.78 Å². The van der Waals surface area contributed by atoms with Gasteiger partial charge in [-0.1, -0.05) is 0 Å². The Morgan fingerprint density at radius 1 is 1.78 bits per heavy atom. The van der Waals surface area contributed by atoms with E-state index < -0.39 is 0 Å². The number of halogens is 2. The van der Waals surface area contributed by atoms with Gasteiger partial charge in [0.05, 0.1) is 0 Å². The number of rotatable bonds is 0. The molecular weight excluding hydrogens is 252 g/mol. The number of hydrogen-bond donors (Lipinski definition) is 1. The number of nitrogens with one attached hydrogen (secondary N) is 1. The van der Waals surface area contributed by atoms with Crippen LogP contribution in [0.2, 0.25) is 0 Å². The average Bonchev–Trinajstić information content (AvgIpc) is 1.85. The van der Waals surface area contributed by atoms with Crippen LogP contribution in [-0.2, 0) is 7.05 Å². The summed E-state index contributed by atoms with van der Waals surface area (Å²) in [6.07, 6.45) is 1.67. The highest BCUT2D eigenvalue weighted by atomic mass is 79.9. The summed E-state index contributed by atoms with van der Waals surface area (Å²) in [6, 6.07) is 0. The van der Waals surface area contributed by atoms with Crippen molar-refractivity contribution in [2.75, 3.05) is 0 Å². The zero-order valence-electron chi connectivity index (χ0n) is 4.72. The van der Waals surface area contributed by atoms with E-state index in [1.807, 2.05) is 0 Å². The first-order valence-electron chi connectivity index (χ1n) is 2.11. The normalized spacial score (nSPS) is 8.67. The monoisotopic (exact) mass is 256 g/mol. The number of aromatic amines is 1. The molecule has 1 aromatic rings. The Labute approximate surface area is 70.9 Å². The van der Waals surface area contributed by atoms with Gasteiger partial charge in [-0.3, -0.25) is 14.6 Å². The Balaban J connectivity index is 0.000000640. The SMILES string of the molecule is Br.Cn1cc(Br)c(=O)[nH]1. The van der Waals surface area contributed by atoms with E-state index in [-0.39, 0.29) is 22.5 Å². The molecule has 5 heteroatoms. The minimum atomic E-state index is -0.0903. The summed E-state index contributed by atoms with van der Waals surface area (Å²) >= 11 is 3.05. The van der Waals surface area contributed by atoms with Crippen LogP contribution in [0.1, 0.15) is 0 Å². The molecule has 52 valence electrons. The summed E-state index contributed by atoms with van der Waals surface area (Å²) in [5, 5.41) is 2.52. The van der Waals surface area contributed by atoms with E-state index in [1.165, 1.54) is 0 Å². The molecule has 0 saturated carbocycles. The molecule has 3 nitrogen and oxygen atoms in total. The van der Waals surface area contributed by atoms with Crippen LogP contribution in [0.4, 0.5) is 0 Å². The molecular formula is C4H6Br2N2O. The summed E-state index contributed by atoms with van der Waals surface area (Å²) in [6.45, 7) is 0. The molecule has 0 aliphatic carbocycles. The Morgan fingerprint density at radius 2 is 2.33 bits per heavy atom. The van der Waals surface area contributed by atoms with Gasteiger partial charge in [-0.2, -0.15) is 0 Å². The van der Waals surface area contributed by atoms with E-state index in [1.54, 1.807) is 17.9 Å². The molecule has 0 spiro atoms. The third-order valence-electron chi connectivity index (χ3n) is 0.802. The fourth-order valence-electron chi connectivity index (χ4n) is 0.474. The summed E-state index contributed by atoms with van der Waals surface area (Å²) in [7, 11) is 1.76. The second-order valence-corrected chi connectivity index (χ2v) is 2.38. The second-order valence-electron chi connectivity index (χ2n) is 1.53. The van der Waals surface area contributed by atoms with Crippen molar-refractivity contribution in [1.82, 2.24) is 9.78 Å². The summed E-state index contributed by atoms with van der Waals surface area (Å²) in [5.41, 5.74) is -0.0903. The zero-order valence-corrected chi connectivity index (χ0v) is 8.02. The lowest BCUT2D eigenvalue weighted by Gasteiger charge is -1.80. The summed E-state index contributed by atoms with van der Waals surface area (Å²) < 4.78 is 2.16. The third kappa shape index (κ3) is 1.98. The Hall–Kier alpha value is -0.0300. The molecule has 1 aromatic heterocycles. The molecule has 9 heavy (non-hydrogen) atoms. The van der Waals surface area contributed by atoms with Crippen LogP contribution in [0.25, 0.3) is 0 Å². The van der Waals surface area contributed by atoms with Gasteiger partial charge in [0, 0.05) is 13.2 Å². The Bertz CT molecular complexity index is 239. The molecule has 0 unspecified atom stereocenters. The minimum absolute atomic E-state index is 0. The van der Waals surface area contributed by atoms with Gasteiger partial charge in [-0.25, -0.2) is 0 Å². The maximum absolute atomic E-state index is 10.5. The first-order chi connectivity index (χ1) is 3.70. The van der Waals surface area contributed by atoms with Crippen molar-refractivity contribution in [1.29, 1.82) is 0 Å². The van der Waals surface area contributed by atoms with Gasteiger partial charge in [0.1, 0.15) is 4.47 Å². The minimum Gasteiger partial charge on any atom is -0.294 e. The largest absolute Gasteiger partial charge is 0.294 e. The van der Waals surface area contributed by atoms with Gasteiger partial charge in [-0.05, 0) is 15.9 Å². The van der Waals surface area contributed by atoms with Crippen molar-refractivity contribution in [3.63, 3.8) is 0 Å². The lowest BCUT2D eigenvalue weighted by molar-refractivity contribution is 0.756. The third-order valence-corrected chi connectivity index (χ3v) is 1.37. The van der Waals surface area contributed by atoms with Crippen molar-refractivity contribution in [2.24, 2.45) is 7.05 Å². The quantitative estimate of drug-likeness (QED) is 0.742. The molecule has 0 amide bonds. The molecule has 0 aliphatic heterocycles. The number of nitrogens with zero attached hydrogens (tertiary/aromatic N) is 1. The molecule has 0 aromatic carbocycles.